The van der Waals surface area contributed by atoms with Crippen molar-refractivity contribution >= 4 is 28.0 Å². The van der Waals surface area contributed by atoms with Crippen molar-refractivity contribution in [3.05, 3.63) is 17.3 Å². The van der Waals surface area contributed by atoms with E-state index in [4.69, 9.17) is 4.98 Å². The maximum atomic E-state index is 11.7. The number of imidazole rings is 1. The smallest absolute Gasteiger partial charge is 0.239 e. The van der Waals surface area contributed by atoms with Crippen LogP contribution in [0, 0.1) is 0 Å². The molecule has 21 heavy (non-hydrogen) atoms. The van der Waals surface area contributed by atoms with E-state index in [2.05, 4.69) is 22.0 Å². The third-order valence-corrected chi connectivity index (χ3v) is 4.53. The molecule has 1 aliphatic carbocycles. The van der Waals surface area contributed by atoms with Crippen molar-refractivity contribution in [3.63, 3.8) is 0 Å². The third kappa shape index (κ3) is 3.03. The van der Waals surface area contributed by atoms with Crippen LogP contribution in [0.2, 0.25) is 0 Å². The molecule has 3 rings (SSSR count). The van der Waals surface area contributed by atoms with Crippen LogP contribution in [0.1, 0.15) is 25.5 Å². The highest BCUT2D eigenvalue weighted by Gasteiger charge is 2.24. The van der Waals surface area contributed by atoms with Crippen LogP contribution in [0.4, 0.5) is 5.82 Å². The number of rotatable bonds is 7. The van der Waals surface area contributed by atoms with Gasteiger partial charge in [-0.15, -0.1) is 11.3 Å². The fourth-order valence-electron chi connectivity index (χ4n) is 2.36. The molecule has 2 heterocycles. The lowest BCUT2D eigenvalue weighted by molar-refractivity contribution is -0.119. The molecular weight excluding hydrogens is 286 g/mol. The lowest BCUT2D eigenvalue weighted by atomic mass is 10.3. The number of thiazole rings is 1. The molecule has 1 amide bonds. The summed E-state index contributed by atoms with van der Waals surface area (Å²) in [5.41, 5.74) is 1.14. The molecule has 6 nitrogen and oxygen atoms in total. The first-order valence-corrected chi connectivity index (χ1v) is 8.24. The minimum absolute atomic E-state index is 0.00862. The molecule has 2 aromatic heterocycles. The summed E-state index contributed by atoms with van der Waals surface area (Å²) in [6, 6.07) is 0.649. The zero-order valence-electron chi connectivity index (χ0n) is 12.4. The highest BCUT2D eigenvalue weighted by molar-refractivity contribution is 7.15. The Morgan fingerprint density at radius 3 is 3.05 bits per heavy atom. The number of anilines is 1. The number of carbonyl (C=O) groups is 1. The molecule has 0 unspecified atom stereocenters. The summed E-state index contributed by atoms with van der Waals surface area (Å²) in [7, 11) is 1.66. The first-order valence-electron chi connectivity index (χ1n) is 7.36. The van der Waals surface area contributed by atoms with Gasteiger partial charge in [0.05, 0.1) is 12.2 Å². The molecular formula is C14H21N5OS. The van der Waals surface area contributed by atoms with E-state index < -0.39 is 0 Å². The quantitative estimate of drug-likeness (QED) is 0.807. The third-order valence-electron chi connectivity index (χ3n) is 3.77. The van der Waals surface area contributed by atoms with E-state index in [0.717, 1.165) is 29.6 Å². The van der Waals surface area contributed by atoms with E-state index in [9.17, 15) is 4.79 Å². The van der Waals surface area contributed by atoms with E-state index in [1.165, 1.54) is 12.8 Å². The summed E-state index contributed by atoms with van der Waals surface area (Å²) in [5.74, 6) is 0.926. The van der Waals surface area contributed by atoms with E-state index in [-0.39, 0.29) is 5.91 Å². The summed E-state index contributed by atoms with van der Waals surface area (Å²) < 4.78 is 2.13. The Kier molecular flexibility index (Phi) is 4.12. The normalized spacial score (nSPS) is 14.6. The Bertz CT molecular complexity index is 630. The van der Waals surface area contributed by atoms with Gasteiger partial charge in [0.2, 0.25) is 5.91 Å². The minimum atomic E-state index is 0.00862. The minimum Gasteiger partial charge on any atom is -0.358 e. The molecule has 1 aliphatic rings. The van der Waals surface area contributed by atoms with Crippen LogP contribution in [-0.2, 0) is 11.3 Å². The zero-order valence-corrected chi connectivity index (χ0v) is 13.2. The molecule has 2 aromatic rings. The van der Waals surface area contributed by atoms with Crippen LogP contribution in [0.3, 0.4) is 0 Å². The highest BCUT2D eigenvalue weighted by Crippen LogP contribution is 2.26. The maximum absolute atomic E-state index is 11.7. The Morgan fingerprint density at radius 2 is 2.38 bits per heavy atom. The molecule has 0 bridgehead atoms. The molecule has 1 saturated carbocycles. The summed E-state index contributed by atoms with van der Waals surface area (Å²) in [4.78, 5) is 19.4. The number of carbonyl (C=O) groups excluding carboxylic acids is 1. The topological polar surface area (TPSA) is 61.7 Å². The van der Waals surface area contributed by atoms with Gasteiger partial charge in [-0.25, -0.2) is 4.98 Å². The second kappa shape index (κ2) is 6.03. The predicted molar refractivity (Wildman–Crippen MR) is 84.9 cm³/mol. The number of amides is 1. The zero-order chi connectivity index (χ0) is 14.8. The molecule has 0 spiro atoms. The summed E-state index contributed by atoms with van der Waals surface area (Å²) in [6.45, 7) is 3.94. The number of likely N-dealkylation sites (N-methyl/N-ethyl adjacent to an activating group) is 2. The van der Waals surface area contributed by atoms with Gasteiger partial charge in [-0.05, 0) is 19.8 Å². The van der Waals surface area contributed by atoms with Gasteiger partial charge in [-0.3, -0.25) is 9.20 Å². The van der Waals surface area contributed by atoms with E-state index in [0.29, 0.717) is 12.6 Å². The number of nitrogens with zero attached hydrogens (tertiary/aromatic N) is 3. The summed E-state index contributed by atoms with van der Waals surface area (Å²) in [6.07, 6.45) is 4.57. The SMILES string of the molecule is CCN(CC(=O)NC)c1nc2sccn2c1CNC1CC1. The number of fused-ring (bicyclic) bond motifs is 1. The molecule has 2 N–H and O–H groups in total. The van der Waals surface area contributed by atoms with Crippen molar-refractivity contribution in [2.75, 3.05) is 25.0 Å². The number of aromatic nitrogens is 2. The lowest BCUT2D eigenvalue weighted by Gasteiger charge is -2.21. The standard InChI is InChI=1S/C14H21N5OS/c1-3-18(9-12(20)15-2)13-11(8-16-10-4-5-10)19-6-7-21-14(19)17-13/h6-7,10,16H,3-5,8-9H2,1-2H3,(H,15,20). The van der Waals surface area contributed by atoms with E-state index in [1.54, 1.807) is 18.4 Å². The molecule has 7 heteroatoms. The van der Waals surface area contributed by atoms with Crippen LogP contribution < -0.4 is 15.5 Å². The Hall–Kier alpha value is -1.60. The molecule has 114 valence electrons. The van der Waals surface area contributed by atoms with Gasteiger partial charge >= 0.3 is 0 Å². The second-order valence-electron chi connectivity index (χ2n) is 5.28. The molecule has 0 radical (unpaired) electrons. The fourth-order valence-corrected chi connectivity index (χ4v) is 3.08. The Morgan fingerprint density at radius 1 is 1.57 bits per heavy atom. The number of hydrogen-bond donors (Lipinski definition) is 2. The van der Waals surface area contributed by atoms with Crippen molar-refractivity contribution in [1.82, 2.24) is 20.0 Å². The van der Waals surface area contributed by atoms with Gasteiger partial charge in [-0.2, -0.15) is 0 Å². The Balaban J connectivity index is 1.88. The highest BCUT2D eigenvalue weighted by atomic mass is 32.1. The maximum Gasteiger partial charge on any atom is 0.239 e. The van der Waals surface area contributed by atoms with Gasteiger partial charge in [0.25, 0.3) is 0 Å². The van der Waals surface area contributed by atoms with Crippen molar-refractivity contribution in [2.24, 2.45) is 0 Å². The molecule has 0 saturated heterocycles. The van der Waals surface area contributed by atoms with Crippen LogP contribution in [-0.4, -0.2) is 41.5 Å². The molecule has 1 fully saturated rings. The van der Waals surface area contributed by atoms with Gasteiger partial charge in [0.1, 0.15) is 0 Å². The number of hydrogen-bond acceptors (Lipinski definition) is 5. The largest absolute Gasteiger partial charge is 0.358 e. The fraction of sp³-hybridized carbons (Fsp3) is 0.571. The number of nitrogens with one attached hydrogen (secondary N) is 2. The summed E-state index contributed by atoms with van der Waals surface area (Å²) in [5, 5.41) is 8.27. The average Bonchev–Trinajstić information content (AvgIpc) is 3.10. The van der Waals surface area contributed by atoms with Gasteiger partial charge < -0.3 is 15.5 Å². The molecule has 0 atom stereocenters. The van der Waals surface area contributed by atoms with Gasteiger partial charge in [-0.1, -0.05) is 0 Å². The van der Waals surface area contributed by atoms with Crippen LogP contribution in [0.15, 0.2) is 11.6 Å². The van der Waals surface area contributed by atoms with E-state index >= 15 is 0 Å². The average molecular weight is 307 g/mol. The first kappa shape index (κ1) is 14.3. The summed E-state index contributed by atoms with van der Waals surface area (Å²) >= 11 is 1.62. The second-order valence-corrected chi connectivity index (χ2v) is 6.15. The van der Waals surface area contributed by atoms with Gasteiger partial charge in [0.15, 0.2) is 10.8 Å². The van der Waals surface area contributed by atoms with Crippen LogP contribution in [0.5, 0.6) is 0 Å². The van der Waals surface area contributed by atoms with Crippen molar-refractivity contribution in [3.8, 4) is 0 Å². The molecule has 0 aromatic carbocycles. The first-order chi connectivity index (χ1) is 10.2. The Labute approximate surface area is 128 Å². The van der Waals surface area contributed by atoms with Crippen molar-refractivity contribution < 1.29 is 4.79 Å². The van der Waals surface area contributed by atoms with E-state index in [1.807, 2.05) is 16.5 Å². The van der Waals surface area contributed by atoms with Crippen LogP contribution in [0.25, 0.3) is 4.96 Å². The van der Waals surface area contributed by atoms with Crippen molar-refractivity contribution in [1.29, 1.82) is 0 Å². The molecule has 0 aliphatic heterocycles. The lowest BCUT2D eigenvalue weighted by Crippen LogP contribution is -2.36. The van der Waals surface area contributed by atoms with Crippen LogP contribution >= 0.6 is 11.3 Å². The van der Waals surface area contributed by atoms with Crippen molar-refractivity contribution in [2.45, 2.75) is 32.4 Å². The monoisotopic (exact) mass is 307 g/mol. The van der Waals surface area contributed by atoms with Gasteiger partial charge in [0, 0.05) is 37.8 Å². The predicted octanol–water partition coefficient (Wildman–Crippen LogP) is 1.22.